The van der Waals surface area contributed by atoms with Gasteiger partial charge in [-0.1, -0.05) is 17.7 Å². The summed E-state index contributed by atoms with van der Waals surface area (Å²) in [4.78, 5) is 0. The molecule has 0 aliphatic rings. The first-order valence-corrected chi connectivity index (χ1v) is 6.93. The summed E-state index contributed by atoms with van der Waals surface area (Å²) in [5.41, 5.74) is 2.19. The number of nitrogens with one attached hydrogen (secondary N) is 1. The summed E-state index contributed by atoms with van der Waals surface area (Å²) in [5, 5.41) is 18.6. The van der Waals surface area contributed by atoms with Gasteiger partial charge in [-0.3, -0.25) is 4.68 Å². The molecule has 2 aromatic rings. The molecule has 0 radical (unpaired) electrons. The minimum atomic E-state index is -0.936. The zero-order valence-electron chi connectivity index (χ0n) is 12.0. The summed E-state index contributed by atoms with van der Waals surface area (Å²) in [6.45, 7) is 4.97. The molecule has 20 heavy (non-hydrogen) atoms. The van der Waals surface area contributed by atoms with Crippen molar-refractivity contribution in [3.63, 3.8) is 0 Å². The monoisotopic (exact) mass is 293 g/mol. The van der Waals surface area contributed by atoms with E-state index >= 15 is 0 Å². The van der Waals surface area contributed by atoms with Gasteiger partial charge in [0.2, 0.25) is 0 Å². The van der Waals surface area contributed by atoms with Gasteiger partial charge in [-0.15, -0.1) is 0 Å². The SMILES string of the molecule is Cc1cc(Cl)ccc1CNC[C@@](C)(O)c1cnn(C)c1. The molecule has 0 aliphatic carbocycles. The van der Waals surface area contributed by atoms with Crippen LogP contribution in [-0.2, 0) is 19.2 Å². The van der Waals surface area contributed by atoms with Crippen molar-refractivity contribution in [1.29, 1.82) is 0 Å². The Kier molecular flexibility index (Phi) is 4.48. The first-order chi connectivity index (χ1) is 9.38. The number of nitrogens with zero attached hydrogens (tertiary/aromatic N) is 2. The molecule has 0 unspecified atom stereocenters. The third kappa shape index (κ3) is 3.60. The Morgan fingerprint density at radius 2 is 2.20 bits per heavy atom. The summed E-state index contributed by atoms with van der Waals surface area (Å²) in [6, 6.07) is 5.83. The fourth-order valence-electron chi connectivity index (χ4n) is 2.10. The van der Waals surface area contributed by atoms with Crippen molar-refractivity contribution < 1.29 is 5.11 Å². The predicted molar refractivity (Wildman–Crippen MR) is 80.7 cm³/mol. The third-order valence-corrected chi connectivity index (χ3v) is 3.65. The Balaban J connectivity index is 1.95. The Morgan fingerprint density at radius 3 is 2.80 bits per heavy atom. The van der Waals surface area contributed by atoms with Gasteiger partial charge in [0.25, 0.3) is 0 Å². The van der Waals surface area contributed by atoms with E-state index in [0.717, 1.165) is 16.1 Å². The van der Waals surface area contributed by atoms with E-state index in [1.807, 2.05) is 38.4 Å². The van der Waals surface area contributed by atoms with E-state index in [4.69, 9.17) is 11.6 Å². The van der Waals surface area contributed by atoms with Gasteiger partial charge in [0.1, 0.15) is 5.60 Å². The van der Waals surface area contributed by atoms with Crippen molar-refractivity contribution in [3.05, 3.63) is 52.3 Å². The fraction of sp³-hybridized carbons (Fsp3) is 0.400. The number of hydrogen-bond acceptors (Lipinski definition) is 3. The second-order valence-electron chi connectivity index (χ2n) is 5.35. The van der Waals surface area contributed by atoms with Crippen LogP contribution in [0, 0.1) is 6.92 Å². The Labute approximate surface area is 124 Å². The molecule has 5 heteroatoms. The lowest BCUT2D eigenvalue weighted by molar-refractivity contribution is 0.0566. The normalized spacial score (nSPS) is 14.2. The van der Waals surface area contributed by atoms with Crippen LogP contribution in [0.3, 0.4) is 0 Å². The van der Waals surface area contributed by atoms with E-state index in [1.54, 1.807) is 17.8 Å². The summed E-state index contributed by atoms with van der Waals surface area (Å²) >= 11 is 5.94. The molecule has 4 nitrogen and oxygen atoms in total. The third-order valence-electron chi connectivity index (χ3n) is 3.42. The van der Waals surface area contributed by atoms with Gasteiger partial charge in [0.15, 0.2) is 0 Å². The molecule has 0 bridgehead atoms. The second-order valence-corrected chi connectivity index (χ2v) is 5.79. The number of rotatable bonds is 5. The number of aliphatic hydroxyl groups is 1. The molecule has 0 fully saturated rings. The molecule has 0 aliphatic heterocycles. The summed E-state index contributed by atoms with van der Waals surface area (Å²) in [7, 11) is 1.84. The maximum absolute atomic E-state index is 10.5. The number of halogens is 1. The van der Waals surface area contributed by atoms with Crippen LogP contribution in [0.25, 0.3) is 0 Å². The number of aryl methyl sites for hydroxylation is 2. The van der Waals surface area contributed by atoms with Gasteiger partial charge in [0.05, 0.1) is 6.20 Å². The lowest BCUT2D eigenvalue weighted by atomic mass is 9.99. The van der Waals surface area contributed by atoms with Gasteiger partial charge in [0, 0.05) is 36.9 Å². The van der Waals surface area contributed by atoms with E-state index in [0.29, 0.717) is 13.1 Å². The summed E-state index contributed by atoms with van der Waals surface area (Å²) < 4.78 is 1.69. The van der Waals surface area contributed by atoms with Crippen LogP contribution in [-0.4, -0.2) is 21.4 Å². The molecule has 1 atom stereocenters. The Morgan fingerprint density at radius 1 is 1.45 bits per heavy atom. The smallest absolute Gasteiger partial charge is 0.102 e. The largest absolute Gasteiger partial charge is 0.384 e. The van der Waals surface area contributed by atoms with Gasteiger partial charge < -0.3 is 10.4 Å². The Bertz CT molecular complexity index is 593. The van der Waals surface area contributed by atoms with E-state index < -0.39 is 5.60 Å². The first kappa shape index (κ1) is 15.0. The van der Waals surface area contributed by atoms with Crippen LogP contribution >= 0.6 is 11.6 Å². The van der Waals surface area contributed by atoms with Crippen LogP contribution in [0.15, 0.2) is 30.6 Å². The zero-order valence-corrected chi connectivity index (χ0v) is 12.8. The molecular formula is C15H20ClN3O. The average molecular weight is 294 g/mol. The van der Waals surface area contributed by atoms with Crippen LogP contribution in [0.4, 0.5) is 0 Å². The van der Waals surface area contributed by atoms with Gasteiger partial charge in [-0.25, -0.2) is 0 Å². The van der Waals surface area contributed by atoms with Gasteiger partial charge in [-0.05, 0) is 37.1 Å². The van der Waals surface area contributed by atoms with Gasteiger partial charge in [-0.2, -0.15) is 5.10 Å². The molecule has 0 amide bonds. The molecule has 1 aromatic heterocycles. The molecule has 1 heterocycles. The highest BCUT2D eigenvalue weighted by Crippen LogP contribution is 2.19. The number of hydrogen-bond donors (Lipinski definition) is 2. The van der Waals surface area contributed by atoms with Crippen molar-refractivity contribution in [1.82, 2.24) is 15.1 Å². The minimum Gasteiger partial charge on any atom is -0.384 e. The van der Waals surface area contributed by atoms with Crippen molar-refractivity contribution >= 4 is 11.6 Å². The highest BCUT2D eigenvalue weighted by molar-refractivity contribution is 6.30. The molecule has 2 N–H and O–H groups in total. The van der Waals surface area contributed by atoms with E-state index in [2.05, 4.69) is 10.4 Å². The molecule has 0 saturated carbocycles. The predicted octanol–water partition coefficient (Wildman–Crippen LogP) is 2.38. The molecule has 2 rings (SSSR count). The molecular weight excluding hydrogens is 274 g/mol. The average Bonchev–Trinajstić information content (AvgIpc) is 2.79. The highest BCUT2D eigenvalue weighted by Gasteiger charge is 2.24. The van der Waals surface area contributed by atoms with E-state index in [-0.39, 0.29) is 0 Å². The van der Waals surface area contributed by atoms with E-state index in [9.17, 15) is 5.11 Å². The molecule has 0 spiro atoms. The molecule has 0 saturated heterocycles. The van der Waals surface area contributed by atoms with Crippen LogP contribution in [0.2, 0.25) is 5.02 Å². The second kappa shape index (κ2) is 5.95. The van der Waals surface area contributed by atoms with Gasteiger partial charge >= 0.3 is 0 Å². The maximum Gasteiger partial charge on any atom is 0.102 e. The van der Waals surface area contributed by atoms with Crippen molar-refractivity contribution in [2.24, 2.45) is 7.05 Å². The zero-order chi connectivity index (χ0) is 14.8. The standard InChI is InChI=1S/C15H20ClN3O/c1-11-6-14(16)5-4-12(11)7-17-10-15(2,20)13-8-18-19(3)9-13/h4-6,8-9,17,20H,7,10H2,1-3H3/t15-/m1/s1. The fourth-order valence-corrected chi connectivity index (χ4v) is 2.33. The van der Waals surface area contributed by atoms with Crippen LogP contribution in [0.5, 0.6) is 0 Å². The van der Waals surface area contributed by atoms with E-state index in [1.165, 1.54) is 5.56 Å². The Hall–Kier alpha value is -1.36. The topological polar surface area (TPSA) is 50.1 Å². The van der Waals surface area contributed by atoms with Crippen molar-refractivity contribution in [3.8, 4) is 0 Å². The highest BCUT2D eigenvalue weighted by atomic mass is 35.5. The lowest BCUT2D eigenvalue weighted by Gasteiger charge is -2.22. The van der Waals surface area contributed by atoms with Crippen molar-refractivity contribution in [2.45, 2.75) is 26.0 Å². The summed E-state index contributed by atoms with van der Waals surface area (Å²) in [5.74, 6) is 0. The van der Waals surface area contributed by atoms with Crippen LogP contribution < -0.4 is 5.32 Å². The maximum atomic E-state index is 10.5. The quantitative estimate of drug-likeness (QED) is 0.890. The lowest BCUT2D eigenvalue weighted by Crippen LogP contribution is -2.35. The number of benzene rings is 1. The van der Waals surface area contributed by atoms with Crippen LogP contribution in [0.1, 0.15) is 23.6 Å². The summed E-state index contributed by atoms with van der Waals surface area (Å²) in [6.07, 6.45) is 3.52. The molecule has 108 valence electrons. The minimum absolute atomic E-state index is 0.459. The van der Waals surface area contributed by atoms with Crippen molar-refractivity contribution in [2.75, 3.05) is 6.54 Å². The molecule has 1 aromatic carbocycles. The number of aromatic nitrogens is 2. The first-order valence-electron chi connectivity index (χ1n) is 6.56.